The first kappa shape index (κ1) is 12.2. The third-order valence-corrected chi connectivity index (χ3v) is 3.61. The van der Waals surface area contributed by atoms with Gasteiger partial charge in [0.15, 0.2) is 0 Å². The molecule has 2 rings (SSSR count). The summed E-state index contributed by atoms with van der Waals surface area (Å²) in [4.78, 5) is 2.32. The molecule has 1 saturated heterocycles. The minimum Gasteiger partial charge on any atom is -0.316 e. The van der Waals surface area contributed by atoms with Crippen LogP contribution in [0.4, 0.5) is 0 Å². The minimum atomic E-state index is 0.622. The van der Waals surface area contributed by atoms with Gasteiger partial charge in [-0.25, -0.2) is 0 Å². The van der Waals surface area contributed by atoms with Gasteiger partial charge in [-0.15, -0.1) is 0 Å². The average Bonchev–Trinajstić information content (AvgIpc) is 2.18. The molecule has 0 aliphatic carbocycles. The highest BCUT2D eigenvalue weighted by atomic mass is 35.5. The van der Waals surface area contributed by atoms with Gasteiger partial charge < -0.3 is 10.2 Å². The average molecular weight is 259 g/mol. The molecule has 4 heteroatoms. The zero-order valence-electron chi connectivity index (χ0n) is 9.34. The lowest BCUT2D eigenvalue weighted by atomic mass is 10.0. The summed E-state index contributed by atoms with van der Waals surface area (Å²) in [5.74, 6) is 0.799. The normalized spacial score (nSPS) is 16.5. The summed E-state index contributed by atoms with van der Waals surface area (Å²) in [5.41, 5.74) is 1.21. The molecule has 0 radical (unpaired) electrons. The Bertz CT molecular complexity index is 364. The quantitative estimate of drug-likeness (QED) is 0.894. The molecule has 1 fully saturated rings. The van der Waals surface area contributed by atoms with E-state index >= 15 is 0 Å². The Labute approximate surface area is 107 Å². The molecular formula is C12H16Cl2N2. The van der Waals surface area contributed by atoms with Crippen LogP contribution in [-0.4, -0.2) is 31.6 Å². The van der Waals surface area contributed by atoms with Crippen LogP contribution in [-0.2, 0) is 6.54 Å². The van der Waals surface area contributed by atoms with E-state index in [0.717, 1.165) is 32.1 Å². The van der Waals surface area contributed by atoms with Crippen molar-refractivity contribution >= 4 is 23.2 Å². The number of halogens is 2. The lowest BCUT2D eigenvalue weighted by molar-refractivity contribution is 0.218. The lowest BCUT2D eigenvalue weighted by Gasteiger charge is -2.31. The third kappa shape index (κ3) is 3.11. The first-order chi connectivity index (χ1) is 7.65. The van der Waals surface area contributed by atoms with Crippen LogP contribution >= 0.6 is 23.2 Å². The van der Waals surface area contributed by atoms with Gasteiger partial charge in [0.2, 0.25) is 0 Å². The molecule has 0 bridgehead atoms. The van der Waals surface area contributed by atoms with Gasteiger partial charge in [0, 0.05) is 26.2 Å². The summed E-state index contributed by atoms with van der Waals surface area (Å²) >= 11 is 11.9. The maximum Gasteiger partial charge on any atom is 0.0595 e. The van der Waals surface area contributed by atoms with Crippen molar-refractivity contribution < 1.29 is 0 Å². The van der Waals surface area contributed by atoms with Crippen molar-refractivity contribution in [3.8, 4) is 0 Å². The third-order valence-electron chi connectivity index (χ3n) is 2.87. The highest BCUT2D eigenvalue weighted by molar-refractivity contribution is 6.42. The van der Waals surface area contributed by atoms with Crippen molar-refractivity contribution in [3.63, 3.8) is 0 Å². The molecule has 0 amide bonds. The van der Waals surface area contributed by atoms with E-state index in [9.17, 15) is 0 Å². The van der Waals surface area contributed by atoms with Crippen LogP contribution in [0.2, 0.25) is 10.0 Å². The molecule has 1 aromatic rings. The van der Waals surface area contributed by atoms with Crippen molar-refractivity contribution in [2.75, 3.05) is 26.7 Å². The number of rotatable bonds is 4. The molecule has 2 nitrogen and oxygen atoms in total. The maximum atomic E-state index is 5.98. The first-order valence-electron chi connectivity index (χ1n) is 5.48. The summed E-state index contributed by atoms with van der Waals surface area (Å²) in [5, 5.41) is 4.54. The predicted octanol–water partition coefficient (Wildman–Crippen LogP) is 2.64. The molecule has 0 unspecified atom stereocenters. The Morgan fingerprint density at radius 2 is 2.06 bits per heavy atom. The van der Waals surface area contributed by atoms with Crippen LogP contribution in [0.5, 0.6) is 0 Å². The smallest absolute Gasteiger partial charge is 0.0595 e. The molecule has 1 aliphatic rings. The van der Waals surface area contributed by atoms with Gasteiger partial charge >= 0.3 is 0 Å². The molecular weight excluding hydrogens is 243 g/mol. The monoisotopic (exact) mass is 258 g/mol. The SMILES string of the molecule is CN(Cc1ccc(Cl)c(Cl)c1)CC1CNC1. The summed E-state index contributed by atoms with van der Waals surface area (Å²) in [6.45, 7) is 4.35. The first-order valence-corrected chi connectivity index (χ1v) is 6.24. The van der Waals surface area contributed by atoms with E-state index in [1.165, 1.54) is 5.56 Å². The Morgan fingerprint density at radius 3 is 2.62 bits per heavy atom. The second kappa shape index (κ2) is 5.37. The largest absolute Gasteiger partial charge is 0.316 e. The highest BCUT2D eigenvalue weighted by Gasteiger charge is 2.18. The standard InChI is InChI=1S/C12H16Cl2N2/c1-16(8-10-5-15-6-10)7-9-2-3-11(13)12(14)4-9/h2-4,10,15H,5-8H2,1H3. The lowest BCUT2D eigenvalue weighted by Crippen LogP contribution is -2.47. The van der Waals surface area contributed by atoms with E-state index in [0.29, 0.717) is 10.0 Å². The number of hydrogen-bond donors (Lipinski definition) is 1. The van der Waals surface area contributed by atoms with Crippen LogP contribution in [0, 0.1) is 5.92 Å². The van der Waals surface area contributed by atoms with Crippen molar-refractivity contribution in [1.29, 1.82) is 0 Å². The second-order valence-electron chi connectivity index (χ2n) is 4.47. The second-order valence-corrected chi connectivity index (χ2v) is 5.28. The van der Waals surface area contributed by atoms with E-state index in [4.69, 9.17) is 23.2 Å². The minimum absolute atomic E-state index is 0.622. The molecule has 1 N–H and O–H groups in total. The Morgan fingerprint density at radius 1 is 1.31 bits per heavy atom. The summed E-state index contributed by atoms with van der Waals surface area (Å²) in [6.07, 6.45) is 0. The highest BCUT2D eigenvalue weighted by Crippen LogP contribution is 2.23. The van der Waals surface area contributed by atoms with E-state index < -0.39 is 0 Å². The molecule has 0 saturated carbocycles. The van der Waals surface area contributed by atoms with Gasteiger partial charge in [0.25, 0.3) is 0 Å². The van der Waals surface area contributed by atoms with Gasteiger partial charge in [-0.05, 0) is 30.7 Å². The Hall–Kier alpha value is -0.280. The molecule has 88 valence electrons. The number of hydrogen-bond acceptors (Lipinski definition) is 2. The van der Waals surface area contributed by atoms with Gasteiger partial charge in [-0.3, -0.25) is 0 Å². The van der Waals surface area contributed by atoms with Gasteiger partial charge in [0.05, 0.1) is 10.0 Å². The molecule has 0 aromatic heterocycles. The van der Waals surface area contributed by atoms with Gasteiger partial charge in [0.1, 0.15) is 0 Å². The maximum absolute atomic E-state index is 5.98. The summed E-state index contributed by atoms with van der Waals surface area (Å²) in [7, 11) is 2.14. The van der Waals surface area contributed by atoms with E-state index in [-0.39, 0.29) is 0 Å². The number of nitrogens with zero attached hydrogens (tertiary/aromatic N) is 1. The van der Waals surface area contributed by atoms with E-state index in [1.54, 1.807) is 0 Å². The molecule has 0 atom stereocenters. The predicted molar refractivity (Wildman–Crippen MR) is 69.2 cm³/mol. The van der Waals surface area contributed by atoms with Crippen LogP contribution in [0.3, 0.4) is 0 Å². The van der Waals surface area contributed by atoms with Crippen molar-refractivity contribution in [2.24, 2.45) is 5.92 Å². The fraction of sp³-hybridized carbons (Fsp3) is 0.500. The zero-order chi connectivity index (χ0) is 11.5. The summed E-state index contributed by atoms with van der Waals surface area (Å²) < 4.78 is 0. The van der Waals surface area contributed by atoms with Crippen LogP contribution in [0.15, 0.2) is 18.2 Å². The fourth-order valence-corrected chi connectivity index (χ4v) is 2.25. The van der Waals surface area contributed by atoms with Crippen molar-refractivity contribution in [3.05, 3.63) is 33.8 Å². The molecule has 1 heterocycles. The number of benzene rings is 1. The molecule has 1 aliphatic heterocycles. The van der Waals surface area contributed by atoms with E-state index in [1.807, 2.05) is 18.2 Å². The molecule has 16 heavy (non-hydrogen) atoms. The van der Waals surface area contributed by atoms with Crippen LogP contribution in [0.1, 0.15) is 5.56 Å². The van der Waals surface area contributed by atoms with Crippen molar-refractivity contribution in [1.82, 2.24) is 10.2 Å². The molecule has 0 spiro atoms. The summed E-state index contributed by atoms with van der Waals surface area (Å²) in [6, 6.07) is 5.83. The molecule has 1 aromatic carbocycles. The number of nitrogens with one attached hydrogen (secondary N) is 1. The zero-order valence-corrected chi connectivity index (χ0v) is 10.9. The van der Waals surface area contributed by atoms with Gasteiger partial charge in [-0.2, -0.15) is 0 Å². The van der Waals surface area contributed by atoms with Crippen molar-refractivity contribution in [2.45, 2.75) is 6.54 Å². The Balaban J connectivity index is 1.89. The Kier molecular flexibility index (Phi) is 4.09. The van der Waals surface area contributed by atoms with Gasteiger partial charge in [-0.1, -0.05) is 29.3 Å². The van der Waals surface area contributed by atoms with Crippen LogP contribution in [0.25, 0.3) is 0 Å². The fourth-order valence-electron chi connectivity index (χ4n) is 1.93. The topological polar surface area (TPSA) is 15.3 Å². The van der Waals surface area contributed by atoms with E-state index in [2.05, 4.69) is 17.3 Å². The van der Waals surface area contributed by atoms with Crippen LogP contribution < -0.4 is 5.32 Å².